The van der Waals surface area contributed by atoms with Gasteiger partial charge in [-0.1, -0.05) is 36.9 Å². The Morgan fingerprint density at radius 1 is 1.42 bits per heavy atom. The number of hydrogen-bond donors (Lipinski definition) is 0. The molecule has 2 atom stereocenters. The summed E-state index contributed by atoms with van der Waals surface area (Å²) in [5.74, 6) is 0.0743. The van der Waals surface area contributed by atoms with Crippen LogP contribution in [0.2, 0.25) is 0 Å². The van der Waals surface area contributed by atoms with Gasteiger partial charge in [0.05, 0.1) is 13.0 Å². The summed E-state index contributed by atoms with van der Waals surface area (Å²) in [6.07, 6.45) is 2.82. The third kappa shape index (κ3) is 3.04. The molecule has 19 heavy (non-hydrogen) atoms. The minimum absolute atomic E-state index is 0.0710. The zero-order valence-corrected chi connectivity index (χ0v) is 11.6. The van der Waals surface area contributed by atoms with Crippen molar-refractivity contribution in [1.29, 1.82) is 0 Å². The number of benzene rings is 1. The maximum absolute atomic E-state index is 12.0. The largest absolute Gasteiger partial charge is 0.469 e. The summed E-state index contributed by atoms with van der Waals surface area (Å²) in [4.78, 5) is 14.1. The van der Waals surface area contributed by atoms with Crippen LogP contribution >= 0.6 is 0 Å². The van der Waals surface area contributed by atoms with Gasteiger partial charge in [-0.2, -0.15) is 0 Å². The molecule has 1 fully saturated rings. The fourth-order valence-electron chi connectivity index (χ4n) is 2.78. The molecule has 1 aromatic rings. The first-order valence-electron chi connectivity index (χ1n) is 6.64. The van der Waals surface area contributed by atoms with Gasteiger partial charge in [0.25, 0.3) is 0 Å². The summed E-state index contributed by atoms with van der Waals surface area (Å²) in [6, 6.07) is 8.30. The molecule has 0 radical (unpaired) electrons. The molecular formula is C16H21NO2. The summed E-state index contributed by atoms with van der Waals surface area (Å²) in [7, 11) is 3.52. The molecule has 0 N–H and O–H groups in total. The third-order valence-corrected chi connectivity index (χ3v) is 3.92. The molecule has 0 aliphatic carbocycles. The van der Waals surface area contributed by atoms with Crippen molar-refractivity contribution in [2.75, 3.05) is 27.2 Å². The SMILES string of the molecule is C=Cc1ccc(C2CCN(C)CC2C(=O)OC)cc1. The van der Waals surface area contributed by atoms with Crippen molar-refractivity contribution in [1.82, 2.24) is 4.90 Å². The van der Waals surface area contributed by atoms with Crippen LogP contribution < -0.4 is 0 Å². The summed E-state index contributed by atoms with van der Waals surface area (Å²) < 4.78 is 4.95. The van der Waals surface area contributed by atoms with Crippen LogP contribution in [0.1, 0.15) is 23.5 Å². The van der Waals surface area contributed by atoms with E-state index in [1.807, 2.05) is 13.1 Å². The van der Waals surface area contributed by atoms with Crippen LogP contribution in [-0.2, 0) is 9.53 Å². The van der Waals surface area contributed by atoms with Crippen LogP contribution in [0, 0.1) is 5.92 Å². The van der Waals surface area contributed by atoms with E-state index in [1.165, 1.54) is 12.7 Å². The molecule has 0 aromatic heterocycles. The molecule has 2 rings (SSSR count). The van der Waals surface area contributed by atoms with Crippen molar-refractivity contribution in [3.05, 3.63) is 42.0 Å². The number of esters is 1. The summed E-state index contributed by atoms with van der Waals surface area (Å²) >= 11 is 0. The maximum atomic E-state index is 12.0. The second kappa shape index (κ2) is 6.02. The fourth-order valence-corrected chi connectivity index (χ4v) is 2.78. The van der Waals surface area contributed by atoms with Crippen LogP contribution in [0.4, 0.5) is 0 Å². The van der Waals surface area contributed by atoms with Crippen molar-refractivity contribution in [2.45, 2.75) is 12.3 Å². The van der Waals surface area contributed by atoms with Crippen molar-refractivity contribution >= 4 is 12.0 Å². The number of methoxy groups -OCH3 is 1. The van der Waals surface area contributed by atoms with Gasteiger partial charge in [0, 0.05) is 6.54 Å². The molecule has 1 aliphatic heterocycles. The Morgan fingerprint density at radius 3 is 2.68 bits per heavy atom. The Balaban J connectivity index is 2.23. The average Bonchev–Trinajstić information content (AvgIpc) is 2.46. The summed E-state index contributed by atoms with van der Waals surface area (Å²) in [5.41, 5.74) is 2.32. The number of piperidine rings is 1. The molecule has 102 valence electrons. The number of carbonyl (C=O) groups excluding carboxylic acids is 1. The number of hydrogen-bond acceptors (Lipinski definition) is 3. The van der Waals surface area contributed by atoms with Gasteiger partial charge in [0.15, 0.2) is 0 Å². The molecule has 1 aliphatic rings. The van der Waals surface area contributed by atoms with Crippen molar-refractivity contribution in [3.8, 4) is 0 Å². The van der Waals surface area contributed by atoms with Gasteiger partial charge in [0.2, 0.25) is 0 Å². The number of carbonyl (C=O) groups is 1. The van der Waals surface area contributed by atoms with Crippen LogP contribution in [0.3, 0.4) is 0 Å². The summed E-state index contributed by atoms with van der Waals surface area (Å²) in [5, 5.41) is 0. The van der Waals surface area contributed by atoms with Gasteiger partial charge in [-0.25, -0.2) is 0 Å². The Labute approximate surface area is 114 Å². The Morgan fingerprint density at radius 2 is 2.11 bits per heavy atom. The lowest BCUT2D eigenvalue weighted by molar-refractivity contribution is -0.148. The number of nitrogens with zero attached hydrogens (tertiary/aromatic N) is 1. The Hall–Kier alpha value is -1.61. The van der Waals surface area contributed by atoms with Gasteiger partial charge in [0.1, 0.15) is 0 Å². The van der Waals surface area contributed by atoms with Gasteiger partial charge in [-0.3, -0.25) is 4.79 Å². The lowest BCUT2D eigenvalue weighted by atomic mass is 9.80. The van der Waals surface area contributed by atoms with E-state index in [0.717, 1.165) is 25.1 Å². The standard InChI is InChI=1S/C16H21NO2/c1-4-12-5-7-13(8-6-12)14-9-10-17(2)11-15(14)16(18)19-3/h4-8,14-15H,1,9-11H2,2-3H3. The molecule has 0 saturated carbocycles. The first-order chi connectivity index (χ1) is 9.15. The molecule has 1 saturated heterocycles. The van der Waals surface area contributed by atoms with Crippen molar-refractivity contribution < 1.29 is 9.53 Å². The molecule has 2 unspecified atom stereocenters. The number of likely N-dealkylation sites (tertiary alicyclic amines) is 1. The quantitative estimate of drug-likeness (QED) is 0.781. The maximum Gasteiger partial charge on any atom is 0.310 e. The highest BCUT2D eigenvalue weighted by Gasteiger charge is 2.34. The van der Waals surface area contributed by atoms with E-state index in [4.69, 9.17) is 4.74 Å². The van der Waals surface area contributed by atoms with E-state index in [0.29, 0.717) is 0 Å². The van der Waals surface area contributed by atoms with E-state index in [1.54, 1.807) is 0 Å². The Kier molecular flexibility index (Phi) is 4.38. The van der Waals surface area contributed by atoms with E-state index < -0.39 is 0 Å². The first kappa shape index (κ1) is 13.8. The highest BCUT2D eigenvalue weighted by atomic mass is 16.5. The molecule has 0 spiro atoms. The van der Waals surface area contributed by atoms with Crippen LogP contribution in [0.25, 0.3) is 6.08 Å². The molecule has 1 heterocycles. The third-order valence-electron chi connectivity index (χ3n) is 3.92. The topological polar surface area (TPSA) is 29.5 Å². The second-order valence-electron chi connectivity index (χ2n) is 5.16. The van der Waals surface area contributed by atoms with E-state index in [-0.39, 0.29) is 17.8 Å². The first-order valence-corrected chi connectivity index (χ1v) is 6.64. The van der Waals surface area contributed by atoms with E-state index in [9.17, 15) is 4.79 Å². The summed E-state index contributed by atoms with van der Waals surface area (Å²) in [6.45, 7) is 5.54. The lowest BCUT2D eigenvalue weighted by Crippen LogP contribution is -2.41. The highest BCUT2D eigenvalue weighted by Crippen LogP contribution is 2.33. The predicted molar refractivity (Wildman–Crippen MR) is 76.9 cm³/mol. The predicted octanol–water partition coefficient (Wildman–Crippen LogP) is 2.54. The fraction of sp³-hybridized carbons (Fsp3) is 0.438. The lowest BCUT2D eigenvalue weighted by Gasteiger charge is -2.35. The number of rotatable bonds is 3. The molecule has 3 heteroatoms. The minimum atomic E-state index is -0.107. The molecule has 0 amide bonds. The smallest absolute Gasteiger partial charge is 0.310 e. The van der Waals surface area contributed by atoms with Crippen LogP contribution in [-0.4, -0.2) is 38.1 Å². The average molecular weight is 259 g/mol. The second-order valence-corrected chi connectivity index (χ2v) is 5.16. The molecule has 1 aromatic carbocycles. The van der Waals surface area contributed by atoms with Gasteiger partial charge in [-0.05, 0) is 37.1 Å². The highest BCUT2D eigenvalue weighted by molar-refractivity contribution is 5.74. The molecule has 0 bridgehead atoms. The zero-order chi connectivity index (χ0) is 13.8. The normalized spacial score (nSPS) is 23.9. The van der Waals surface area contributed by atoms with E-state index >= 15 is 0 Å². The van der Waals surface area contributed by atoms with Gasteiger partial charge >= 0.3 is 5.97 Å². The zero-order valence-electron chi connectivity index (χ0n) is 11.6. The monoisotopic (exact) mass is 259 g/mol. The molecular weight excluding hydrogens is 238 g/mol. The van der Waals surface area contributed by atoms with Gasteiger partial charge in [-0.15, -0.1) is 0 Å². The minimum Gasteiger partial charge on any atom is -0.469 e. The van der Waals surface area contributed by atoms with Gasteiger partial charge < -0.3 is 9.64 Å². The van der Waals surface area contributed by atoms with E-state index in [2.05, 4.69) is 35.7 Å². The van der Waals surface area contributed by atoms with Crippen molar-refractivity contribution in [3.63, 3.8) is 0 Å². The van der Waals surface area contributed by atoms with Crippen LogP contribution in [0.15, 0.2) is 30.8 Å². The van der Waals surface area contributed by atoms with Crippen LogP contribution in [0.5, 0.6) is 0 Å². The molecule has 3 nitrogen and oxygen atoms in total. The van der Waals surface area contributed by atoms with Crippen molar-refractivity contribution in [2.24, 2.45) is 5.92 Å². The Bertz CT molecular complexity index is 452. The number of ether oxygens (including phenoxy) is 1.